The van der Waals surface area contributed by atoms with Crippen LogP contribution in [-0.2, 0) is 4.74 Å². The zero-order valence-electron chi connectivity index (χ0n) is 11.0. The number of rotatable bonds is 6. The SMILES string of the molecule is CC(C)OCCN(C)c1ccc(/C(N)=N/O)cn1. The van der Waals surface area contributed by atoms with Gasteiger partial charge in [0.2, 0.25) is 0 Å². The second-order valence-corrected chi connectivity index (χ2v) is 4.23. The Kier molecular flexibility index (Phi) is 5.38. The number of likely N-dealkylation sites (N-methyl/N-ethyl adjacent to an activating group) is 1. The third kappa shape index (κ3) is 4.21. The molecule has 0 saturated heterocycles. The largest absolute Gasteiger partial charge is 0.409 e. The first-order valence-electron chi connectivity index (χ1n) is 5.81. The fraction of sp³-hybridized carbons (Fsp3) is 0.500. The first kappa shape index (κ1) is 14.2. The third-order valence-electron chi connectivity index (χ3n) is 2.42. The molecule has 0 atom stereocenters. The number of amidine groups is 1. The predicted molar refractivity (Wildman–Crippen MR) is 71.1 cm³/mol. The Morgan fingerprint density at radius 1 is 1.56 bits per heavy atom. The second-order valence-electron chi connectivity index (χ2n) is 4.23. The summed E-state index contributed by atoms with van der Waals surface area (Å²) in [5.41, 5.74) is 6.05. The summed E-state index contributed by atoms with van der Waals surface area (Å²) in [5, 5.41) is 11.5. The molecule has 1 rings (SSSR count). The number of hydrogen-bond acceptors (Lipinski definition) is 5. The van der Waals surface area contributed by atoms with Crippen molar-refractivity contribution in [3.05, 3.63) is 23.9 Å². The van der Waals surface area contributed by atoms with Crippen LogP contribution < -0.4 is 10.6 Å². The van der Waals surface area contributed by atoms with Gasteiger partial charge in [-0.3, -0.25) is 0 Å². The van der Waals surface area contributed by atoms with Crippen LogP contribution >= 0.6 is 0 Å². The molecule has 0 amide bonds. The second kappa shape index (κ2) is 6.80. The first-order chi connectivity index (χ1) is 8.54. The number of pyridine rings is 1. The van der Waals surface area contributed by atoms with Crippen molar-refractivity contribution in [3.8, 4) is 0 Å². The number of nitrogens with zero attached hydrogens (tertiary/aromatic N) is 3. The molecule has 3 N–H and O–H groups in total. The van der Waals surface area contributed by atoms with Gasteiger partial charge in [-0.25, -0.2) is 4.98 Å². The Morgan fingerprint density at radius 2 is 2.28 bits per heavy atom. The van der Waals surface area contributed by atoms with E-state index in [0.717, 1.165) is 12.4 Å². The van der Waals surface area contributed by atoms with E-state index in [9.17, 15) is 0 Å². The average molecular weight is 252 g/mol. The molecular formula is C12H20N4O2. The molecule has 6 nitrogen and oxygen atoms in total. The van der Waals surface area contributed by atoms with E-state index in [1.807, 2.05) is 31.9 Å². The summed E-state index contributed by atoms with van der Waals surface area (Å²) >= 11 is 0. The monoisotopic (exact) mass is 252 g/mol. The van der Waals surface area contributed by atoms with Crippen molar-refractivity contribution in [2.75, 3.05) is 25.1 Å². The summed E-state index contributed by atoms with van der Waals surface area (Å²) in [7, 11) is 1.94. The van der Waals surface area contributed by atoms with Gasteiger partial charge in [-0.05, 0) is 26.0 Å². The van der Waals surface area contributed by atoms with Gasteiger partial charge in [-0.15, -0.1) is 0 Å². The molecule has 1 heterocycles. The number of nitrogens with two attached hydrogens (primary N) is 1. The fourth-order valence-electron chi connectivity index (χ4n) is 1.36. The van der Waals surface area contributed by atoms with Gasteiger partial charge < -0.3 is 20.6 Å². The Balaban J connectivity index is 2.56. The van der Waals surface area contributed by atoms with Crippen LogP contribution in [0.15, 0.2) is 23.5 Å². The lowest BCUT2D eigenvalue weighted by atomic mass is 10.2. The molecular weight excluding hydrogens is 232 g/mol. The van der Waals surface area contributed by atoms with Crippen molar-refractivity contribution < 1.29 is 9.94 Å². The molecule has 1 aromatic heterocycles. The van der Waals surface area contributed by atoms with E-state index in [1.165, 1.54) is 0 Å². The van der Waals surface area contributed by atoms with Gasteiger partial charge >= 0.3 is 0 Å². The van der Waals surface area contributed by atoms with E-state index in [4.69, 9.17) is 15.7 Å². The van der Waals surface area contributed by atoms with E-state index in [2.05, 4.69) is 10.1 Å². The quantitative estimate of drug-likeness (QED) is 0.342. The fourth-order valence-corrected chi connectivity index (χ4v) is 1.36. The summed E-state index contributed by atoms with van der Waals surface area (Å²) < 4.78 is 5.47. The topological polar surface area (TPSA) is 84.0 Å². The highest BCUT2D eigenvalue weighted by Gasteiger charge is 2.05. The summed E-state index contributed by atoms with van der Waals surface area (Å²) in [6.45, 7) is 5.42. The number of hydrogen-bond donors (Lipinski definition) is 2. The number of anilines is 1. The Labute approximate surface area is 107 Å². The van der Waals surface area contributed by atoms with Gasteiger partial charge in [0.1, 0.15) is 5.82 Å². The lowest BCUT2D eigenvalue weighted by Crippen LogP contribution is -2.25. The van der Waals surface area contributed by atoms with Crippen LogP contribution in [0.1, 0.15) is 19.4 Å². The molecule has 0 saturated carbocycles. The number of aromatic nitrogens is 1. The Bertz CT molecular complexity index is 390. The van der Waals surface area contributed by atoms with Gasteiger partial charge in [-0.1, -0.05) is 5.16 Å². The zero-order chi connectivity index (χ0) is 13.5. The van der Waals surface area contributed by atoms with Gasteiger partial charge in [0, 0.05) is 25.4 Å². The molecule has 100 valence electrons. The van der Waals surface area contributed by atoms with Crippen molar-refractivity contribution in [2.24, 2.45) is 10.9 Å². The summed E-state index contributed by atoms with van der Waals surface area (Å²) in [6, 6.07) is 3.58. The van der Waals surface area contributed by atoms with Gasteiger partial charge in [-0.2, -0.15) is 0 Å². The molecule has 0 unspecified atom stereocenters. The molecule has 6 heteroatoms. The summed E-state index contributed by atoms with van der Waals surface area (Å²) in [4.78, 5) is 6.23. The van der Waals surface area contributed by atoms with Crippen LogP contribution in [0.4, 0.5) is 5.82 Å². The van der Waals surface area contributed by atoms with E-state index in [0.29, 0.717) is 12.2 Å². The smallest absolute Gasteiger partial charge is 0.171 e. The summed E-state index contributed by atoms with van der Waals surface area (Å²) in [5.74, 6) is 0.872. The minimum atomic E-state index is 0.0554. The standard InChI is InChI=1S/C12H20N4O2/c1-9(2)18-7-6-16(3)11-5-4-10(8-14-11)12(13)15-17/h4-5,8-9,17H,6-7H2,1-3H3,(H2,13,15). The van der Waals surface area contributed by atoms with Crippen molar-refractivity contribution in [2.45, 2.75) is 20.0 Å². The predicted octanol–water partition coefficient (Wildman–Crippen LogP) is 1.04. The van der Waals surface area contributed by atoms with Crippen molar-refractivity contribution in [3.63, 3.8) is 0 Å². The lowest BCUT2D eigenvalue weighted by molar-refractivity contribution is 0.0845. The number of oxime groups is 1. The van der Waals surface area contributed by atoms with Gasteiger partial charge in [0.15, 0.2) is 5.84 Å². The third-order valence-corrected chi connectivity index (χ3v) is 2.42. The molecule has 0 aliphatic rings. The van der Waals surface area contributed by atoms with Crippen molar-refractivity contribution in [1.29, 1.82) is 0 Å². The maximum absolute atomic E-state index is 8.54. The zero-order valence-corrected chi connectivity index (χ0v) is 11.0. The van der Waals surface area contributed by atoms with Crippen LogP contribution in [0.5, 0.6) is 0 Å². The maximum Gasteiger partial charge on any atom is 0.171 e. The molecule has 0 aliphatic carbocycles. The van der Waals surface area contributed by atoms with E-state index < -0.39 is 0 Å². The van der Waals surface area contributed by atoms with Crippen LogP contribution in [-0.4, -0.2) is 42.3 Å². The van der Waals surface area contributed by atoms with Gasteiger partial charge in [0.05, 0.1) is 12.7 Å². The molecule has 0 fully saturated rings. The van der Waals surface area contributed by atoms with E-state index in [1.54, 1.807) is 12.3 Å². The average Bonchev–Trinajstić information content (AvgIpc) is 2.37. The van der Waals surface area contributed by atoms with Crippen LogP contribution in [0.3, 0.4) is 0 Å². The van der Waals surface area contributed by atoms with Crippen molar-refractivity contribution in [1.82, 2.24) is 4.98 Å². The molecule has 0 aliphatic heterocycles. The Morgan fingerprint density at radius 3 is 2.78 bits per heavy atom. The molecule has 1 aromatic rings. The summed E-state index contributed by atoms with van der Waals surface area (Å²) in [6.07, 6.45) is 1.80. The normalized spacial score (nSPS) is 11.9. The maximum atomic E-state index is 8.54. The lowest BCUT2D eigenvalue weighted by Gasteiger charge is -2.19. The van der Waals surface area contributed by atoms with Crippen molar-refractivity contribution >= 4 is 11.7 Å². The highest BCUT2D eigenvalue weighted by Crippen LogP contribution is 2.09. The van der Waals surface area contributed by atoms with Crippen LogP contribution in [0, 0.1) is 0 Å². The molecule has 0 radical (unpaired) electrons. The first-order valence-corrected chi connectivity index (χ1v) is 5.81. The Hall–Kier alpha value is -1.82. The van der Waals surface area contributed by atoms with Crippen LogP contribution in [0.2, 0.25) is 0 Å². The highest BCUT2D eigenvalue weighted by molar-refractivity contribution is 5.96. The molecule has 0 spiro atoms. The van der Waals surface area contributed by atoms with Crippen LogP contribution in [0.25, 0.3) is 0 Å². The van der Waals surface area contributed by atoms with E-state index >= 15 is 0 Å². The van der Waals surface area contributed by atoms with E-state index in [-0.39, 0.29) is 11.9 Å². The number of ether oxygens (including phenoxy) is 1. The van der Waals surface area contributed by atoms with Gasteiger partial charge in [0.25, 0.3) is 0 Å². The molecule has 0 aromatic carbocycles. The highest BCUT2D eigenvalue weighted by atomic mass is 16.5. The molecule has 18 heavy (non-hydrogen) atoms. The minimum Gasteiger partial charge on any atom is -0.409 e. The minimum absolute atomic E-state index is 0.0554. The molecule has 0 bridgehead atoms.